The van der Waals surface area contributed by atoms with Crippen LogP contribution >= 0.6 is 0 Å². The molecule has 2 atom stereocenters. The molecule has 116 valence electrons. The van der Waals surface area contributed by atoms with Gasteiger partial charge in [-0.1, -0.05) is 12.1 Å². The first-order chi connectivity index (χ1) is 10.1. The minimum absolute atomic E-state index is 0.0473. The highest BCUT2D eigenvalue weighted by Gasteiger charge is 2.28. The molecule has 2 unspecified atom stereocenters. The van der Waals surface area contributed by atoms with Crippen molar-refractivity contribution in [3.05, 3.63) is 29.8 Å². The van der Waals surface area contributed by atoms with E-state index in [4.69, 9.17) is 10.5 Å². The van der Waals surface area contributed by atoms with Crippen molar-refractivity contribution in [2.45, 2.75) is 51.1 Å². The lowest BCUT2D eigenvalue weighted by Crippen LogP contribution is -2.51. The predicted octanol–water partition coefficient (Wildman–Crippen LogP) is 2.36. The van der Waals surface area contributed by atoms with Gasteiger partial charge in [-0.25, -0.2) is 0 Å². The monoisotopic (exact) mass is 290 g/mol. The van der Waals surface area contributed by atoms with Crippen LogP contribution in [-0.2, 0) is 11.2 Å². The number of nitrogens with zero attached hydrogens (tertiary/aromatic N) is 1. The highest BCUT2D eigenvalue weighted by molar-refractivity contribution is 5.77. The number of hydrogen-bond donors (Lipinski definition) is 1. The molecule has 2 N–H and O–H groups in total. The van der Waals surface area contributed by atoms with Gasteiger partial charge in [0.1, 0.15) is 5.75 Å². The maximum Gasteiger partial charge on any atom is 0.223 e. The summed E-state index contributed by atoms with van der Waals surface area (Å²) in [7, 11) is 1.66. The molecule has 1 aromatic rings. The van der Waals surface area contributed by atoms with Gasteiger partial charge in [0.2, 0.25) is 5.91 Å². The average molecular weight is 290 g/mol. The van der Waals surface area contributed by atoms with Crippen LogP contribution in [-0.4, -0.2) is 36.5 Å². The zero-order valence-electron chi connectivity index (χ0n) is 13.0. The van der Waals surface area contributed by atoms with Crippen molar-refractivity contribution in [2.75, 3.05) is 13.7 Å². The van der Waals surface area contributed by atoms with Crippen LogP contribution in [0.4, 0.5) is 0 Å². The maximum absolute atomic E-state index is 12.5. The van der Waals surface area contributed by atoms with Crippen molar-refractivity contribution in [3.63, 3.8) is 0 Å². The molecular weight excluding hydrogens is 264 g/mol. The lowest BCUT2D eigenvalue weighted by atomic mass is 9.96. The zero-order chi connectivity index (χ0) is 15.2. The fourth-order valence-electron chi connectivity index (χ4n) is 3.04. The van der Waals surface area contributed by atoms with Gasteiger partial charge < -0.3 is 15.4 Å². The number of ether oxygens (including phenoxy) is 1. The minimum atomic E-state index is 0.0473. The van der Waals surface area contributed by atoms with E-state index in [0.29, 0.717) is 6.42 Å². The van der Waals surface area contributed by atoms with Crippen LogP contribution in [0.25, 0.3) is 0 Å². The van der Waals surface area contributed by atoms with Crippen molar-refractivity contribution in [2.24, 2.45) is 5.73 Å². The summed E-state index contributed by atoms with van der Waals surface area (Å²) in [6.07, 6.45) is 4.58. The summed E-state index contributed by atoms with van der Waals surface area (Å²) in [5.41, 5.74) is 7.17. The van der Waals surface area contributed by atoms with E-state index in [1.807, 2.05) is 36.1 Å². The zero-order valence-corrected chi connectivity index (χ0v) is 13.0. The molecular formula is C17H26N2O2. The smallest absolute Gasteiger partial charge is 0.223 e. The summed E-state index contributed by atoms with van der Waals surface area (Å²) in [6, 6.07) is 8.16. The SMILES string of the molecule is COc1cccc(CCC(=O)N2CCCCC2C(C)N)c1. The Morgan fingerprint density at radius 1 is 1.48 bits per heavy atom. The minimum Gasteiger partial charge on any atom is -0.497 e. The number of aryl methyl sites for hydroxylation is 1. The fourth-order valence-corrected chi connectivity index (χ4v) is 3.04. The maximum atomic E-state index is 12.5. The van der Waals surface area contributed by atoms with E-state index in [0.717, 1.165) is 37.1 Å². The van der Waals surface area contributed by atoms with E-state index in [1.165, 1.54) is 6.42 Å². The molecule has 0 aliphatic carbocycles. The van der Waals surface area contributed by atoms with Crippen molar-refractivity contribution in [1.82, 2.24) is 4.90 Å². The molecule has 4 heteroatoms. The van der Waals surface area contributed by atoms with Gasteiger partial charge in [-0.15, -0.1) is 0 Å². The van der Waals surface area contributed by atoms with E-state index < -0.39 is 0 Å². The first kappa shape index (κ1) is 15.8. The molecule has 0 bridgehead atoms. The highest BCUT2D eigenvalue weighted by atomic mass is 16.5. The number of hydrogen-bond acceptors (Lipinski definition) is 3. The molecule has 0 aromatic heterocycles. The molecule has 1 aliphatic heterocycles. The van der Waals surface area contributed by atoms with E-state index in [2.05, 4.69) is 0 Å². The summed E-state index contributed by atoms with van der Waals surface area (Å²) in [6.45, 7) is 2.85. The topological polar surface area (TPSA) is 55.6 Å². The summed E-state index contributed by atoms with van der Waals surface area (Å²) >= 11 is 0. The Balaban J connectivity index is 1.93. The normalized spacial score (nSPS) is 20.1. The number of benzene rings is 1. The van der Waals surface area contributed by atoms with E-state index in [-0.39, 0.29) is 18.0 Å². The molecule has 1 amide bonds. The number of amides is 1. The van der Waals surface area contributed by atoms with E-state index in [1.54, 1.807) is 7.11 Å². The number of nitrogens with two attached hydrogens (primary N) is 1. The summed E-state index contributed by atoms with van der Waals surface area (Å²) < 4.78 is 5.21. The Labute approximate surface area is 127 Å². The summed E-state index contributed by atoms with van der Waals surface area (Å²) in [5.74, 6) is 1.06. The Bertz CT molecular complexity index is 474. The molecule has 1 aliphatic rings. The summed E-state index contributed by atoms with van der Waals surface area (Å²) in [4.78, 5) is 14.5. The second kappa shape index (κ2) is 7.46. The van der Waals surface area contributed by atoms with Crippen LogP contribution in [0.2, 0.25) is 0 Å². The van der Waals surface area contributed by atoms with E-state index in [9.17, 15) is 4.79 Å². The quantitative estimate of drug-likeness (QED) is 0.905. The van der Waals surface area contributed by atoms with Crippen LogP contribution in [0, 0.1) is 0 Å². The number of carbonyl (C=O) groups excluding carboxylic acids is 1. The molecule has 1 fully saturated rings. The lowest BCUT2D eigenvalue weighted by Gasteiger charge is -2.38. The van der Waals surface area contributed by atoms with Gasteiger partial charge in [-0.3, -0.25) is 4.79 Å². The molecule has 1 heterocycles. The third kappa shape index (κ3) is 4.21. The van der Waals surface area contributed by atoms with Crippen molar-refractivity contribution in [3.8, 4) is 5.75 Å². The number of piperidine rings is 1. The third-order valence-electron chi connectivity index (χ3n) is 4.24. The first-order valence-electron chi connectivity index (χ1n) is 7.80. The van der Waals surface area contributed by atoms with Gasteiger partial charge in [0.05, 0.1) is 7.11 Å². The van der Waals surface area contributed by atoms with Gasteiger partial charge in [-0.05, 0) is 50.3 Å². The Morgan fingerprint density at radius 3 is 3.00 bits per heavy atom. The molecule has 21 heavy (non-hydrogen) atoms. The second-order valence-electron chi connectivity index (χ2n) is 5.86. The standard InChI is InChI=1S/C17H26N2O2/c1-13(18)16-8-3-4-11-19(16)17(20)10-9-14-6-5-7-15(12-14)21-2/h5-7,12-13,16H,3-4,8-11,18H2,1-2H3. The molecule has 1 aromatic carbocycles. The first-order valence-corrected chi connectivity index (χ1v) is 7.80. The van der Waals surface area contributed by atoms with Crippen LogP contribution in [0.3, 0.4) is 0 Å². The largest absolute Gasteiger partial charge is 0.497 e. The van der Waals surface area contributed by atoms with Gasteiger partial charge in [-0.2, -0.15) is 0 Å². The summed E-state index contributed by atoms with van der Waals surface area (Å²) in [5, 5.41) is 0. The van der Waals surface area contributed by atoms with Gasteiger partial charge in [0.25, 0.3) is 0 Å². The van der Waals surface area contributed by atoms with Crippen LogP contribution < -0.4 is 10.5 Å². The fraction of sp³-hybridized carbons (Fsp3) is 0.588. The van der Waals surface area contributed by atoms with Crippen LogP contribution in [0.5, 0.6) is 5.75 Å². The number of likely N-dealkylation sites (tertiary alicyclic amines) is 1. The molecule has 0 saturated carbocycles. The van der Waals surface area contributed by atoms with Crippen molar-refractivity contribution >= 4 is 5.91 Å². The third-order valence-corrected chi connectivity index (χ3v) is 4.24. The molecule has 0 radical (unpaired) electrons. The second-order valence-corrected chi connectivity index (χ2v) is 5.86. The number of methoxy groups -OCH3 is 1. The van der Waals surface area contributed by atoms with Crippen molar-refractivity contribution in [1.29, 1.82) is 0 Å². The average Bonchev–Trinajstić information content (AvgIpc) is 2.52. The molecule has 0 spiro atoms. The molecule has 2 rings (SSSR count). The van der Waals surface area contributed by atoms with E-state index >= 15 is 0 Å². The molecule has 1 saturated heterocycles. The van der Waals surface area contributed by atoms with Crippen LogP contribution in [0.1, 0.15) is 38.2 Å². The van der Waals surface area contributed by atoms with Gasteiger partial charge >= 0.3 is 0 Å². The van der Waals surface area contributed by atoms with Gasteiger partial charge in [0, 0.05) is 25.0 Å². The van der Waals surface area contributed by atoms with Gasteiger partial charge in [0.15, 0.2) is 0 Å². The Hall–Kier alpha value is -1.55. The molecule has 4 nitrogen and oxygen atoms in total. The van der Waals surface area contributed by atoms with Crippen molar-refractivity contribution < 1.29 is 9.53 Å². The number of carbonyl (C=O) groups is 1. The van der Waals surface area contributed by atoms with Crippen LogP contribution in [0.15, 0.2) is 24.3 Å². The Morgan fingerprint density at radius 2 is 2.29 bits per heavy atom. The number of rotatable bonds is 5. The Kier molecular flexibility index (Phi) is 5.62. The highest BCUT2D eigenvalue weighted by Crippen LogP contribution is 2.21. The lowest BCUT2D eigenvalue weighted by molar-refractivity contribution is -0.135. The predicted molar refractivity (Wildman–Crippen MR) is 84.3 cm³/mol.